The van der Waals surface area contributed by atoms with Crippen LogP contribution in [0.2, 0.25) is 0 Å². The number of aldehydes is 1. The number of fused-ring (bicyclic) bond motifs is 1. The molecule has 1 saturated heterocycles. The Hall–Kier alpha value is -2.14. The average molecular weight is 294 g/mol. The van der Waals surface area contributed by atoms with Crippen molar-refractivity contribution >= 4 is 23.3 Å². The van der Waals surface area contributed by atoms with Gasteiger partial charge in [0.25, 0.3) is 0 Å². The van der Waals surface area contributed by atoms with Gasteiger partial charge in [-0.05, 0) is 0 Å². The number of carbonyl (C=O) groups is 1. The minimum atomic E-state index is -0.761. The Balaban J connectivity index is 2.05. The van der Waals surface area contributed by atoms with Crippen LogP contribution < -0.4 is 11.2 Å². The standard InChI is InChI=1S/C11H14N6O4/c12-9-8-10(14-3-13-9)17(4-15-8)11-5(1-18)7(16-20)6(2-19)21-11/h1,3-7,11,16,19-20H,2H2,(H2,12,13,14)/t5-,6-,7+,11-/m1/s1. The molecule has 0 bridgehead atoms. The molecule has 4 atom stereocenters. The molecule has 1 aliphatic rings. The summed E-state index contributed by atoms with van der Waals surface area (Å²) < 4.78 is 7.16. The maximum atomic E-state index is 11.3. The Morgan fingerprint density at radius 2 is 2.29 bits per heavy atom. The molecule has 0 radical (unpaired) electrons. The van der Waals surface area contributed by atoms with E-state index in [1.54, 1.807) is 0 Å². The molecule has 2 aromatic rings. The highest BCUT2D eigenvalue weighted by Gasteiger charge is 2.45. The molecule has 0 spiro atoms. The third-order valence-electron chi connectivity index (χ3n) is 3.61. The van der Waals surface area contributed by atoms with E-state index < -0.39 is 24.3 Å². The van der Waals surface area contributed by atoms with Gasteiger partial charge in [-0.2, -0.15) is 5.48 Å². The maximum absolute atomic E-state index is 11.3. The third kappa shape index (κ3) is 2.05. The van der Waals surface area contributed by atoms with Crippen LogP contribution in [0.25, 0.3) is 11.2 Å². The van der Waals surface area contributed by atoms with Crippen LogP contribution in [0.3, 0.4) is 0 Å². The first-order chi connectivity index (χ1) is 10.2. The largest absolute Gasteiger partial charge is 0.394 e. The van der Waals surface area contributed by atoms with Crippen molar-refractivity contribution < 1.29 is 19.8 Å². The van der Waals surface area contributed by atoms with Crippen molar-refractivity contribution in [1.29, 1.82) is 0 Å². The number of nitrogen functional groups attached to an aromatic ring is 1. The van der Waals surface area contributed by atoms with Crippen LogP contribution in [0.5, 0.6) is 0 Å². The number of imidazole rings is 1. The number of anilines is 1. The Bertz CT molecular complexity index is 661. The van der Waals surface area contributed by atoms with Gasteiger partial charge in [0.1, 0.15) is 30.5 Å². The molecule has 0 saturated carbocycles. The predicted octanol–water partition coefficient (Wildman–Crippen LogP) is -1.54. The van der Waals surface area contributed by atoms with Crippen LogP contribution in [-0.2, 0) is 9.53 Å². The zero-order chi connectivity index (χ0) is 15.0. The summed E-state index contributed by atoms with van der Waals surface area (Å²) in [5.74, 6) is -0.504. The van der Waals surface area contributed by atoms with Gasteiger partial charge in [0.15, 0.2) is 11.5 Å². The van der Waals surface area contributed by atoms with Crippen molar-refractivity contribution in [2.75, 3.05) is 12.3 Å². The van der Waals surface area contributed by atoms with Crippen LogP contribution in [0, 0.1) is 5.92 Å². The van der Waals surface area contributed by atoms with E-state index in [-0.39, 0.29) is 12.4 Å². The topological polar surface area (TPSA) is 148 Å². The number of ether oxygens (including phenoxy) is 1. The van der Waals surface area contributed by atoms with E-state index in [9.17, 15) is 15.1 Å². The third-order valence-corrected chi connectivity index (χ3v) is 3.61. The Kier molecular flexibility index (Phi) is 3.51. The van der Waals surface area contributed by atoms with Crippen LogP contribution in [0.15, 0.2) is 12.7 Å². The van der Waals surface area contributed by atoms with Gasteiger partial charge in [-0.1, -0.05) is 0 Å². The van der Waals surface area contributed by atoms with E-state index in [2.05, 4.69) is 15.0 Å². The Labute approximate surface area is 118 Å². The number of hydrogen-bond donors (Lipinski definition) is 4. The molecular formula is C11H14N6O4. The summed E-state index contributed by atoms with van der Waals surface area (Å²) in [4.78, 5) is 23.4. The van der Waals surface area contributed by atoms with E-state index >= 15 is 0 Å². The summed E-state index contributed by atoms with van der Waals surface area (Å²) in [6, 6.07) is -0.728. The van der Waals surface area contributed by atoms with Crippen molar-refractivity contribution in [3.8, 4) is 0 Å². The SMILES string of the molecule is Nc1ncnc2c1ncn2[C@@H]1O[C@H](CO)[C@@H](NO)[C@H]1C=O. The van der Waals surface area contributed by atoms with E-state index in [0.717, 1.165) is 0 Å². The zero-order valence-corrected chi connectivity index (χ0v) is 10.8. The van der Waals surface area contributed by atoms with Crippen molar-refractivity contribution in [1.82, 2.24) is 25.0 Å². The molecule has 1 fully saturated rings. The molecule has 5 N–H and O–H groups in total. The Morgan fingerprint density at radius 3 is 2.95 bits per heavy atom. The molecule has 0 amide bonds. The van der Waals surface area contributed by atoms with E-state index in [4.69, 9.17) is 10.5 Å². The monoisotopic (exact) mass is 294 g/mol. The van der Waals surface area contributed by atoms with E-state index in [1.165, 1.54) is 17.2 Å². The van der Waals surface area contributed by atoms with Crippen LogP contribution in [-0.4, -0.2) is 54.9 Å². The average Bonchev–Trinajstić information content (AvgIpc) is 3.07. The number of nitrogens with one attached hydrogen (secondary N) is 1. The van der Waals surface area contributed by atoms with Gasteiger partial charge < -0.3 is 25.6 Å². The molecule has 1 aliphatic heterocycles. The summed E-state index contributed by atoms with van der Waals surface area (Å²) in [6.07, 6.45) is 1.89. The fraction of sp³-hybridized carbons (Fsp3) is 0.455. The first kappa shape index (κ1) is 13.8. The number of nitrogens with two attached hydrogens (primary N) is 1. The fourth-order valence-electron chi connectivity index (χ4n) is 2.56. The molecule has 10 nitrogen and oxygen atoms in total. The summed E-state index contributed by atoms with van der Waals surface area (Å²) in [6.45, 7) is -0.344. The second-order valence-electron chi connectivity index (χ2n) is 4.70. The van der Waals surface area contributed by atoms with Gasteiger partial charge in [-0.3, -0.25) is 4.57 Å². The van der Waals surface area contributed by atoms with Crippen LogP contribution >= 0.6 is 0 Å². The lowest BCUT2D eigenvalue weighted by atomic mass is 9.99. The minimum Gasteiger partial charge on any atom is -0.394 e. The molecule has 10 heteroatoms. The molecule has 3 heterocycles. The van der Waals surface area contributed by atoms with Crippen molar-refractivity contribution in [2.24, 2.45) is 5.92 Å². The molecule has 3 rings (SSSR count). The highest BCUT2D eigenvalue weighted by Crippen LogP contribution is 2.35. The number of hydrogen-bond acceptors (Lipinski definition) is 9. The van der Waals surface area contributed by atoms with Crippen molar-refractivity contribution in [3.63, 3.8) is 0 Å². The second-order valence-corrected chi connectivity index (χ2v) is 4.70. The first-order valence-corrected chi connectivity index (χ1v) is 6.25. The quantitative estimate of drug-likeness (QED) is 0.389. The molecule has 0 unspecified atom stereocenters. The number of carbonyl (C=O) groups excluding carboxylic acids is 1. The number of aromatic nitrogens is 4. The lowest BCUT2D eigenvalue weighted by molar-refractivity contribution is -0.115. The summed E-state index contributed by atoms with van der Waals surface area (Å²) in [7, 11) is 0. The first-order valence-electron chi connectivity index (χ1n) is 6.25. The normalized spacial score (nSPS) is 29.0. The number of hydroxylamine groups is 1. The Morgan fingerprint density at radius 1 is 1.48 bits per heavy atom. The van der Waals surface area contributed by atoms with Crippen LogP contribution in [0.4, 0.5) is 5.82 Å². The second kappa shape index (κ2) is 5.33. The highest BCUT2D eigenvalue weighted by molar-refractivity contribution is 5.81. The molecule has 21 heavy (non-hydrogen) atoms. The van der Waals surface area contributed by atoms with Crippen molar-refractivity contribution in [3.05, 3.63) is 12.7 Å². The maximum Gasteiger partial charge on any atom is 0.167 e. The number of aliphatic hydroxyl groups is 1. The van der Waals surface area contributed by atoms with Gasteiger partial charge in [0.05, 0.1) is 24.9 Å². The summed E-state index contributed by atoms with van der Waals surface area (Å²) >= 11 is 0. The predicted molar refractivity (Wildman–Crippen MR) is 69.0 cm³/mol. The van der Waals surface area contributed by atoms with Crippen LogP contribution in [0.1, 0.15) is 6.23 Å². The van der Waals surface area contributed by atoms with E-state index in [1.807, 2.05) is 5.48 Å². The highest BCUT2D eigenvalue weighted by atomic mass is 16.5. The zero-order valence-electron chi connectivity index (χ0n) is 10.8. The van der Waals surface area contributed by atoms with Gasteiger partial charge in [0, 0.05) is 0 Å². The number of nitrogens with zero attached hydrogens (tertiary/aromatic N) is 4. The van der Waals surface area contributed by atoms with Crippen molar-refractivity contribution in [2.45, 2.75) is 18.4 Å². The van der Waals surface area contributed by atoms with Gasteiger partial charge in [0.2, 0.25) is 0 Å². The molecule has 2 aromatic heterocycles. The van der Waals surface area contributed by atoms with Gasteiger partial charge in [-0.15, -0.1) is 0 Å². The fourth-order valence-corrected chi connectivity index (χ4v) is 2.56. The molecule has 0 aromatic carbocycles. The number of aliphatic hydroxyl groups excluding tert-OH is 1. The summed E-state index contributed by atoms with van der Waals surface area (Å²) in [5, 5.41) is 18.5. The molecule has 112 valence electrons. The van der Waals surface area contributed by atoms with E-state index in [0.29, 0.717) is 17.5 Å². The minimum absolute atomic E-state index is 0.218. The molecular weight excluding hydrogens is 280 g/mol. The van der Waals surface area contributed by atoms with Gasteiger partial charge in [-0.25, -0.2) is 15.0 Å². The lowest BCUT2D eigenvalue weighted by Crippen LogP contribution is -2.41. The molecule has 0 aliphatic carbocycles. The van der Waals surface area contributed by atoms with Gasteiger partial charge >= 0.3 is 0 Å². The number of rotatable bonds is 4. The smallest absolute Gasteiger partial charge is 0.167 e. The summed E-state index contributed by atoms with van der Waals surface area (Å²) in [5.41, 5.74) is 8.53. The lowest BCUT2D eigenvalue weighted by Gasteiger charge is -2.17.